The molecular weight excluding hydrogens is 437 g/mol. The number of amides is 1. The van der Waals surface area contributed by atoms with Crippen LogP contribution in [-0.2, 0) is 24.6 Å². The first kappa shape index (κ1) is 22.8. The Morgan fingerprint density at radius 3 is 2.45 bits per heavy atom. The smallest absolute Gasteiger partial charge is 0.321 e. The van der Waals surface area contributed by atoms with E-state index in [1.165, 1.54) is 11.5 Å². The Balaban J connectivity index is 1.78. The summed E-state index contributed by atoms with van der Waals surface area (Å²) in [6, 6.07) is 2.73. The number of fused-ring (bicyclic) bond motifs is 1. The number of carbonyl (C=O) groups excluding carboxylic acids is 1. The highest BCUT2D eigenvalue weighted by molar-refractivity contribution is 5.83. The van der Waals surface area contributed by atoms with Gasteiger partial charge in [0.15, 0.2) is 5.82 Å². The van der Waals surface area contributed by atoms with Crippen molar-refractivity contribution in [2.24, 2.45) is 13.0 Å². The Morgan fingerprint density at radius 1 is 1.24 bits per heavy atom. The Hall–Kier alpha value is -3.37. The molecule has 8 nitrogen and oxygen atoms in total. The molecule has 176 valence electrons. The van der Waals surface area contributed by atoms with Crippen molar-refractivity contribution in [1.29, 1.82) is 0 Å². The molecule has 0 spiro atoms. The van der Waals surface area contributed by atoms with Gasteiger partial charge in [0.05, 0.1) is 17.4 Å². The molecule has 1 fully saturated rings. The van der Waals surface area contributed by atoms with Crippen molar-refractivity contribution < 1.29 is 18.0 Å². The molecule has 4 rings (SSSR count). The van der Waals surface area contributed by atoms with Crippen molar-refractivity contribution in [2.45, 2.75) is 39.4 Å². The first-order valence-corrected chi connectivity index (χ1v) is 10.6. The first-order valence-electron chi connectivity index (χ1n) is 10.6. The molecule has 0 atom stereocenters. The van der Waals surface area contributed by atoms with Crippen LogP contribution in [0.3, 0.4) is 0 Å². The van der Waals surface area contributed by atoms with E-state index in [1.54, 1.807) is 44.3 Å². The molecule has 1 saturated carbocycles. The number of alkyl halides is 3. The molecule has 3 aromatic heterocycles. The highest BCUT2D eigenvalue weighted by Gasteiger charge is 2.36. The number of nitrogens with zero attached hydrogens (tertiary/aromatic N) is 6. The number of pyridine rings is 2. The number of halogens is 3. The lowest BCUT2D eigenvalue weighted by Crippen LogP contribution is -2.42. The molecule has 0 aliphatic heterocycles. The molecule has 1 aliphatic carbocycles. The van der Waals surface area contributed by atoms with Gasteiger partial charge in [-0.3, -0.25) is 24.6 Å². The van der Waals surface area contributed by atoms with Crippen LogP contribution >= 0.6 is 0 Å². The van der Waals surface area contributed by atoms with E-state index in [0.717, 1.165) is 18.9 Å². The Morgan fingerprint density at radius 2 is 1.91 bits per heavy atom. The topological polar surface area (TPSA) is 76.3 Å². The normalized spacial score (nSPS) is 14.1. The summed E-state index contributed by atoms with van der Waals surface area (Å²) in [5, 5.41) is 3.25. The highest BCUT2D eigenvalue weighted by Crippen LogP contribution is 2.33. The van der Waals surface area contributed by atoms with Crippen molar-refractivity contribution in [3.63, 3.8) is 0 Å². The highest BCUT2D eigenvalue weighted by atomic mass is 19.4. The molecule has 11 heteroatoms. The summed E-state index contributed by atoms with van der Waals surface area (Å²) < 4.78 is 42.7. The lowest BCUT2D eigenvalue weighted by atomic mass is 10.2. The number of imidazole rings is 1. The van der Waals surface area contributed by atoms with Crippen LogP contribution in [0.2, 0.25) is 0 Å². The molecular formula is C22H25F3N6O2. The molecule has 3 aromatic rings. The maximum absolute atomic E-state index is 13.5. The van der Waals surface area contributed by atoms with Gasteiger partial charge in [-0.2, -0.15) is 13.2 Å². The number of aromatic nitrogens is 4. The van der Waals surface area contributed by atoms with Gasteiger partial charge < -0.3 is 9.13 Å². The fourth-order valence-electron chi connectivity index (χ4n) is 3.97. The van der Waals surface area contributed by atoms with Gasteiger partial charge in [-0.25, -0.2) is 4.98 Å². The number of carbonyl (C=O) groups is 1. The van der Waals surface area contributed by atoms with Crippen LogP contribution in [0, 0.1) is 12.8 Å². The standard InChI is InChI=1S/C22H25F3N6O2/c1-6-31-16(22(23,24)25)10-15-18(21(31)33)28(3)19(27-15)17-12(2)9-14(11-26-17)29(4)30(5)20(32)13-7-8-13/h9-11,13H,6-8H2,1-5H3. The zero-order valence-electron chi connectivity index (χ0n) is 19.1. The second-order valence-electron chi connectivity index (χ2n) is 8.32. The van der Waals surface area contributed by atoms with Crippen molar-refractivity contribution in [2.75, 3.05) is 19.1 Å². The number of hydrogen-bond donors (Lipinski definition) is 0. The van der Waals surface area contributed by atoms with E-state index in [2.05, 4.69) is 9.97 Å². The maximum atomic E-state index is 13.5. The van der Waals surface area contributed by atoms with E-state index in [1.807, 2.05) is 6.07 Å². The summed E-state index contributed by atoms with van der Waals surface area (Å²) in [5.74, 6) is 0.403. The second kappa shape index (κ2) is 7.89. The van der Waals surface area contributed by atoms with Gasteiger partial charge in [-0.1, -0.05) is 0 Å². The summed E-state index contributed by atoms with van der Waals surface area (Å²) in [5.41, 5.74) is 0.0905. The van der Waals surface area contributed by atoms with Crippen LogP contribution in [0.25, 0.3) is 22.6 Å². The number of rotatable bonds is 5. The van der Waals surface area contributed by atoms with Crippen LogP contribution in [-0.4, -0.2) is 44.1 Å². The first-order chi connectivity index (χ1) is 15.5. The summed E-state index contributed by atoms with van der Waals surface area (Å²) >= 11 is 0. The van der Waals surface area contributed by atoms with Gasteiger partial charge in [0.2, 0.25) is 5.91 Å². The molecule has 1 amide bonds. The van der Waals surface area contributed by atoms with E-state index < -0.39 is 17.4 Å². The number of hydrazine groups is 1. The zero-order chi connectivity index (χ0) is 24.2. The van der Waals surface area contributed by atoms with Crippen molar-refractivity contribution in [3.8, 4) is 11.5 Å². The number of anilines is 1. The van der Waals surface area contributed by atoms with Gasteiger partial charge in [0.25, 0.3) is 5.56 Å². The van der Waals surface area contributed by atoms with E-state index in [9.17, 15) is 22.8 Å². The Bertz CT molecular complexity index is 1310. The monoisotopic (exact) mass is 462 g/mol. The third-order valence-corrected chi connectivity index (χ3v) is 6.09. The molecule has 0 radical (unpaired) electrons. The third kappa shape index (κ3) is 3.85. The molecule has 0 N–H and O–H groups in total. The van der Waals surface area contributed by atoms with E-state index in [0.29, 0.717) is 21.5 Å². The quantitative estimate of drug-likeness (QED) is 0.544. The molecule has 0 bridgehead atoms. The van der Waals surface area contributed by atoms with Crippen LogP contribution in [0.1, 0.15) is 31.0 Å². The van der Waals surface area contributed by atoms with Gasteiger partial charge in [-0.15, -0.1) is 0 Å². The maximum Gasteiger partial charge on any atom is 0.431 e. The fourth-order valence-corrected chi connectivity index (χ4v) is 3.97. The largest absolute Gasteiger partial charge is 0.431 e. The van der Waals surface area contributed by atoms with Crippen LogP contribution < -0.4 is 10.6 Å². The molecule has 33 heavy (non-hydrogen) atoms. The second-order valence-corrected chi connectivity index (χ2v) is 8.32. The van der Waals surface area contributed by atoms with Crippen LogP contribution in [0.15, 0.2) is 23.1 Å². The lowest BCUT2D eigenvalue weighted by molar-refractivity contribution is -0.144. The molecule has 3 heterocycles. The average molecular weight is 462 g/mol. The molecule has 0 aromatic carbocycles. The summed E-state index contributed by atoms with van der Waals surface area (Å²) in [7, 11) is 5.05. The summed E-state index contributed by atoms with van der Waals surface area (Å²) in [4.78, 5) is 34.0. The minimum Gasteiger partial charge on any atom is -0.321 e. The number of aryl methyl sites for hydroxylation is 2. The van der Waals surface area contributed by atoms with Gasteiger partial charge in [0.1, 0.15) is 16.9 Å². The molecule has 1 aliphatic rings. The minimum atomic E-state index is -4.68. The predicted molar refractivity (Wildman–Crippen MR) is 118 cm³/mol. The van der Waals surface area contributed by atoms with Crippen molar-refractivity contribution in [1.82, 2.24) is 24.1 Å². The van der Waals surface area contributed by atoms with Gasteiger partial charge in [-0.05, 0) is 44.4 Å². The van der Waals surface area contributed by atoms with Gasteiger partial charge >= 0.3 is 6.18 Å². The summed E-state index contributed by atoms with van der Waals surface area (Å²) in [6.07, 6.45) is -1.30. The lowest BCUT2D eigenvalue weighted by Gasteiger charge is -2.30. The van der Waals surface area contributed by atoms with Crippen molar-refractivity contribution in [3.05, 3.63) is 39.9 Å². The van der Waals surface area contributed by atoms with E-state index >= 15 is 0 Å². The van der Waals surface area contributed by atoms with Crippen LogP contribution in [0.5, 0.6) is 0 Å². The van der Waals surface area contributed by atoms with E-state index in [-0.39, 0.29) is 35.2 Å². The molecule has 0 unspecified atom stereocenters. The minimum absolute atomic E-state index is 0.0355. The Labute approximate surface area is 188 Å². The van der Waals surface area contributed by atoms with Crippen LogP contribution in [0.4, 0.5) is 18.9 Å². The fraction of sp³-hybridized carbons (Fsp3) is 0.455. The van der Waals surface area contributed by atoms with Gasteiger partial charge in [0, 0.05) is 33.6 Å². The SMILES string of the molecule is CCn1c(C(F)(F)F)cc2nc(-c3ncc(N(C)N(C)C(=O)C4CC4)cc3C)n(C)c2c1=O. The third-order valence-electron chi connectivity index (χ3n) is 6.09. The number of hydrogen-bond acceptors (Lipinski definition) is 5. The zero-order valence-corrected chi connectivity index (χ0v) is 19.1. The Kier molecular flexibility index (Phi) is 5.45. The molecule has 0 saturated heterocycles. The average Bonchev–Trinajstić information content (AvgIpc) is 3.55. The predicted octanol–water partition coefficient (Wildman–Crippen LogP) is 3.36. The van der Waals surface area contributed by atoms with Crippen molar-refractivity contribution >= 4 is 22.6 Å². The summed E-state index contributed by atoms with van der Waals surface area (Å²) in [6.45, 7) is 3.18. The van der Waals surface area contributed by atoms with E-state index in [4.69, 9.17) is 0 Å².